The summed E-state index contributed by atoms with van der Waals surface area (Å²) in [4.78, 5) is 37.1. The van der Waals surface area contributed by atoms with Crippen molar-refractivity contribution >= 4 is 18.0 Å². The SMILES string of the molecule is COC(=O)C1CCCCN1C(=O)NC(C)(C(=O)O)C1CC1. The van der Waals surface area contributed by atoms with Gasteiger partial charge in [-0.1, -0.05) is 0 Å². The molecule has 0 aromatic heterocycles. The third-order valence-electron chi connectivity index (χ3n) is 4.44. The van der Waals surface area contributed by atoms with Crippen LogP contribution in [0.1, 0.15) is 39.0 Å². The maximum atomic E-state index is 12.4. The fourth-order valence-electron chi connectivity index (χ4n) is 2.84. The summed E-state index contributed by atoms with van der Waals surface area (Å²) in [6.45, 7) is 1.97. The highest BCUT2D eigenvalue weighted by molar-refractivity contribution is 5.89. The Morgan fingerprint density at radius 1 is 1.24 bits per heavy atom. The average Bonchev–Trinajstić information content (AvgIpc) is 3.31. The predicted molar refractivity (Wildman–Crippen MR) is 73.7 cm³/mol. The minimum Gasteiger partial charge on any atom is -0.480 e. The molecule has 0 bridgehead atoms. The van der Waals surface area contributed by atoms with Crippen molar-refractivity contribution < 1.29 is 24.2 Å². The Morgan fingerprint density at radius 2 is 1.90 bits per heavy atom. The first-order valence-corrected chi connectivity index (χ1v) is 7.30. The van der Waals surface area contributed by atoms with Crippen LogP contribution in [0.5, 0.6) is 0 Å². The summed E-state index contributed by atoms with van der Waals surface area (Å²) in [5.41, 5.74) is -1.27. The summed E-state index contributed by atoms with van der Waals surface area (Å²) >= 11 is 0. The largest absolute Gasteiger partial charge is 0.480 e. The van der Waals surface area contributed by atoms with E-state index in [-0.39, 0.29) is 5.92 Å². The summed E-state index contributed by atoms with van der Waals surface area (Å²) in [5, 5.41) is 12.0. The van der Waals surface area contributed by atoms with Gasteiger partial charge in [0.2, 0.25) is 0 Å². The number of aliphatic carboxylic acids is 1. The molecule has 21 heavy (non-hydrogen) atoms. The first-order chi connectivity index (χ1) is 9.90. The average molecular weight is 298 g/mol. The van der Waals surface area contributed by atoms with Crippen LogP contribution in [-0.2, 0) is 14.3 Å². The molecule has 1 saturated carbocycles. The molecule has 7 nitrogen and oxygen atoms in total. The highest BCUT2D eigenvalue weighted by Gasteiger charge is 2.49. The van der Waals surface area contributed by atoms with Gasteiger partial charge in [-0.25, -0.2) is 14.4 Å². The fourth-order valence-corrected chi connectivity index (χ4v) is 2.84. The van der Waals surface area contributed by atoms with Crippen LogP contribution in [0.2, 0.25) is 0 Å². The molecule has 2 unspecified atom stereocenters. The van der Waals surface area contributed by atoms with Gasteiger partial charge in [-0.3, -0.25) is 0 Å². The molecule has 1 heterocycles. The Balaban J connectivity index is 2.10. The summed E-state index contributed by atoms with van der Waals surface area (Å²) in [5.74, 6) is -1.53. The summed E-state index contributed by atoms with van der Waals surface area (Å²) in [6.07, 6.45) is 3.79. The maximum Gasteiger partial charge on any atom is 0.329 e. The van der Waals surface area contributed by atoms with Gasteiger partial charge in [0.1, 0.15) is 11.6 Å². The second-order valence-corrected chi connectivity index (χ2v) is 5.94. The van der Waals surface area contributed by atoms with Crippen LogP contribution < -0.4 is 5.32 Å². The van der Waals surface area contributed by atoms with Crippen LogP contribution in [0.4, 0.5) is 4.79 Å². The van der Waals surface area contributed by atoms with E-state index in [4.69, 9.17) is 4.74 Å². The van der Waals surface area contributed by atoms with E-state index in [2.05, 4.69) is 5.32 Å². The number of hydrogen-bond donors (Lipinski definition) is 2. The van der Waals surface area contributed by atoms with E-state index in [1.165, 1.54) is 18.9 Å². The summed E-state index contributed by atoms with van der Waals surface area (Å²) in [6, 6.07) is -1.12. The van der Waals surface area contributed by atoms with Crippen molar-refractivity contribution in [1.82, 2.24) is 10.2 Å². The van der Waals surface area contributed by atoms with E-state index in [1.807, 2.05) is 0 Å². The van der Waals surface area contributed by atoms with Gasteiger partial charge in [-0.05, 0) is 44.9 Å². The number of esters is 1. The molecule has 0 spiro atoms. The van der Waals surface area contributed by atoms with E-state index in [0.29, 0.717) is 13.0 Å². The number of rotatable bonds is 4. The number of ether oxygens (including phenoxy) is 1. The Bertz CT molecular complexity index is 449. The number of carbonyl (C=O) groups is 3. The minimum atomic E-state index is -1.27. The third-order valence-corrected chi connectivity index (χ3v) is 4.44. The van der Waals surface area contributed by atoms with E-state index in [0.717, 1.165) is 25.7 Å². The van der Waals surface area contributed by atoms with Crippen molar-refractivity contribution in [3.63, 3.8) is 0 Å². The van der Waals surface area contributed by atoms with Crippen molar-refractivity contribution in [3.05, 3.63) is 0 Å². The molecule has 1 aliphatic carbocycles. The van der Waals surface area contributed by atoms with Gasteiger partial charge in [-0.2, -0.15) is 0 Å². The number of carbonyl (C=O) groups excluding carboxylic acids is 2. The minimum absolute atomic E-state index is 0.0414. The zero-order chi connectivity index (χ0) is 15.6. The van der Waals surface area contributed by atoms with Crippen LogP contribution in [0.3, 0.4) is 0 Å². The topological polar surface area (TPSA) is 95.9 Å². The molecule has 1 saturated heterocycles. The van der Waals surface area contributed by atoms with Crippen molar-refractivity contribution in [1.29, 1.82) is 0 Å². The Morgan fingerprint density at radius 3 is 2.43 bits per heavy atom. The quantitative estimate of drug-likeness (QED) is 0.754. The van der Waals surface area contributed by atoms with Gasteiger partial charge < -0.3 is 20.1 Å². The Hall–Kier alpha value is -1.79. The number of amides is 2. The number of hydrogen-bond acceptors (Lipinski definition) is 4. The number of likely N-dealkylation sites (tertiary alicyclic amines) is 1. The molecule has 0 radical (unpaired) electrons. The smallest absolute Gasteiger partial charge is 0.329 e. The Labute approximate surface area is 123 Å². The normalized spacial score (nSPS) is 24.9. The van der Waals surface area contributed by atoms with E-state index < -0.39 is 29.6 Å². The fraction of sp³-hybridized carbons (Fsp3) is 0.786. The molecular weight excluding hydrogens is 276 g/mol. The Kier molecular flexibility index (Phi) is 4.39. The monoisotopic (exact) mass is 298 g/mol. The standard InChI is InChI=1S/C14H22N2O5/c1-14(12(18)19,9-6-7-9)15-13(20)16-8-4-3-5-10(16)11(17)21-2/h9-10H,3-8H2,1-2H3,(H,15,20)(H,18,19). The molecule has 0 aromatic rings. The van der Waals surface area contributed by atoms with Crippen molar-refractivity contribution in [2.75, 3.05) is 13.7 Å². The van der Waals surface area contributed by atoms with Crippen LogP contribution in [-0.4, -0.2) is 53.2 Å². The molecule has 2 N–H and O–H groups in total. The zero-order valence-electron chi connectivity index (χ0n) is 12.4. The first-order valence-electron chi connectivity index (χ1n) is 7.30. The van der Waals surface area contributed by atoms with Gasteiger partial charge in [0, 0.05) is 6.54 Å². The van der Waals surface area contributed by atoms with Crippen molar-refractivity contribution in [2.24, 2.45) is 5.92 Å². The molecule has 2 fully saturated rings. The predicted octanol–water partition coefficient (Wildman–Crippen LogP) is 0.977. The van der Waals surface area contributed by atoms with Crippen molar-refractivity contribution in [3.8, 4) is 0 Å². The molecule has 2 rings (SSSR count). The number of carboxylic acid groups (broad SMARTS) is 1. The molecule has 2 amide bonds. The highest BCUT2D eigenvalue weighted by atomic mass is 16.5. The van der Waals surface area contributed by atoms with Crippen molar-refractivity contribution in [2.45, 2.75) is 50.6 Å². The summed E-state index contributed by atoms with van der Waals surface area (Å²) < 4.78 is 4.73. The highest BCUT2D eigenvalue weighted by Crippen LogP contribution is 2.40. The van der Waals surface area contributed by atoms with Crippen LogP contribution in [0.15, 0.2) is 0 Å². The van der Waals surface area contributed by atoms with Gasteiger partial charge in [0.25, 0.3) is 0 Å². The maximum absolute atomic E-state index is 12.4. The van der Waals surface area contributed by atoms with E-state index in [1.54, 1.807) is 0 Å². The van der Waals surface area contributed by atoms with Gasteiger partial charge in [-0.15, -0.1) is 0 Å². The van der Waals surface area contributed by atoms with Gasteiger partial charge in [0.05, 0.1) is 7.11 Å². The zero-order valence-corrected chi connectivity index (χ0v) is 12.4. The van der Waals surface area contributed by atoms with E-state index in [9.17, 15) is 19.5 Å². The molecule has 1 aliphatic heterocycles. The van der Waals surface area contributed by atoms with E-state index >= 15 is 0 Å². The van der Waals surface area contributed by atoms with Gasteiger partial charge >= 0.3 is 18.0 Å². The lowest BCUT2D eigenvalue weighted by Crippen LogP contribution is -2.60. The van der Waals surface area contributed by atoms with Crippen LogP contribution >= 0.6 is 0 Å². The number of piperidine rings is 1. The number of carboxylic acids is 1. The number of nitrogens with zero attached hydrogens (tertiary/aromatic N) is 1. The molecule has 2 atom stereocenters. The lowest BCUT2D eigenvalue weighted by Gasteiger charge is -2.36. The summed E-state index contributed by atoms with van der Waals surface area (Å²) in [7, 11) is 1.29. The number of urea groups is 1. The second-order valence-electron chi connectivity index (χ2n) is 5.94. The molecule has 7 heteroatoms. The molecule has 118 valence electrons. The second kappa shape index (κ2) is 5.91. The van der Waals surface area contributed by atoms with Crippen LogP contribution in [0, 0.1) is 5.92 Å². The molecular formula is C14H22N2O5. The molecule has 2 aliphatic rings. The first kappa shape index (κ1) is 15.6. The number of methoxy groups -OCH3 is 1. The number of nitrogens with one attached hydrogen (secondary N) is 1. The lowest BCUT2D eigenvalue weighted by molar-refractivity contribution is -0.147. The lowest BCUT2D eigenvalue weighted by atomic mass is 9.96. The van der Waals surface area contributed by atoms with Crippen LogP contribution in [0.25, 0.3) is 0 Å². The molecule has 0 aromatic carbocycles. The van der Waals surface area contributed by atoms with Gasteiger partial charge in [0.15, 0.2) is 0 Å². The third kappa shape index (κ3) is 3.11.